The minimum absolute atomic E-state index is 0.145. The standard InChI is InChI=1S/C13H16N4O3S2/c1-3-20-13(19)14-7-6-10(18)15-12-16-11(17-22-12)9-5-4-8(2)21-9/h4-5H,3,6-7H2,1-2H3,(H,14,19)(H,15,16,17,18). The van der Waals surface area contributed by atoms with Crippen molar-refractivity contribution in [3.8, 4) is 10.7 Å². The van der Waals surface area contributed by atoms with Gasteiger partial charge in [-0.05, 0) is 26.0 Å². The molecule has 0 bridgehead atoms. The lowest BCUT2D eigenvalue weighted by atomic mass is 10.4. The van der Waals surface area contributed by atoms with Crippen molar-refractivity contribution in [2.75, 3.05) is 18.5 Å². The number of alkyl carbamates (subject to hydrolysis) is 1. The van der Waals surface area contributed by atoms with Gasteiger partial charge in [-0.25, -0.2) is 4.79 Å². The first-order valence-electron chi connectivity index (χ1n) is 6.69. The Morgan fingerprint density at radius 2 is 2.18 bits per heavy atom. The van der Waals surface area contributed by atoms with E-state index >= 15 is 0 Å². The summed E-state index contributed by atoms with van der Waals surface area (Å²) in [5.74, 6) is 0.380. The van der Waals surface area contributed by atoms with Crippen molar-refractivity contribution in [3.63, 3.8) is 0 Å². The molecule has 0 aliphatic carbocycles. The molecule has 7 nitrogen and oxygen atoms in total. The van der Waals surface area contributed by atoms with E-state index in [-0.39, 0.29) is 18.9 Å². The summed E-state index contributed by atoms with van der Waals surface area (Å²) in [6.45, 7) is 4.24. The molecule has 2 heterocycles. The monoisotopic (exact) mass is 340 g/mol. The van der Waals surface area contributed by atoms with Crippen molar-refractivity contribution in [1.29, 1.82) is 0 Å². The van der Waals surface area contributed by atoms with Crippen LogP contribution in [-0.2, 0) is 9.53 Å². The van der Waals surface area contributed by atoms with Gasteiger partial charge in [0, 0.05) is 29.4 Å². The number of hydrogen-bond donors (Lipinski definition) is 2. The minimum atomic E-state index is -0.526. The molecule has 0 unspecified atom stereocenters. The summed E-state index contributed by atoms with van der Waals surface area (Å²) in [6.07, 6.45) is -0.382. The number of hydrogen-bond acceptors (Lipinski definition) is 7. The second kappa shape index (κ2) is 7.85. The summed E-state index contributed by atoms with van der Waals surface area (Å²) in [4.78, 5) is 29.2. The zero-order chi connectivity index (χ0) is 15.9. The molecule has 2 rings (SSSR count). The van der Waals surface area contributed by atoms with Crippen LogP contribution in [0.5, 0.6) is 0 Å². The molecule has 0 radical (unpaired) electrons. The third kappa shape index (κ3) is 4.78. The highest BCUT2D eigenvalue weighted by molar-refractivity contribution is 7.15. The maximum absolute atomic E-state index is 11.7. The van der Waals surface area contributed by atoms with E-state index < -0.39 is 6.09 Å². The lowest BCUT2D eigenvalue weighted by molar-refractivity contribution is -0.116. The van der Waals surface area contributed by atoms with Crippen LogP contribution in [0.1, 0.15) is 18.2 Å². The molecule has 2 aromatic rings. The molecule has 2 aromatic heterocycles. The Hall–Kier alpha value is -2.00. The van der Waals surface area contributed by atoms with E-state index in [9.17, 15) is 9.59 Å². The number of anilines is 1. The number of carbonyl (C=O) groups is 2. The van der Waals surface area contributed by atoms with Gasteiger partial charge < -0.3 is 15.4 Å². The molecule has 0 saturated heterocycles. The van der Waals surface area contributed by atoms with Gasteiger partial charge in [-0.2, -0.15) is 9.36 Å². The second-order valence-corrected chi connectivity index (χ2v) is 6.32. The van der Waals surface area contributed by atoms with Crippen LogP contribution in [0.3, 0.4) is 0 Å². The summed E-state index contributed by atoms with van der Waals surface area (Å²) in [5, 5.41) is 5.59. The molecule has 2 N–H and O–H groups in total. The van der Waals surface area contributed by atoms with Crippen molar-refractivity contribution in [3.05, 3.63) is 17.0 Å². The quantitative estimate of drug-likeness (QED) is 0.843. The number of aromatic nitrogens is 2. The van der Waals surface area contributed by atoms with Gasteiger partial charge in [0.2, 0.25) is 11.0 Å². The van der Waals surface area contributed by atoms with E-state index in [0.29, 0.717) is 17.6 Å². The average molecular weight is 340 g/mol. The van der Waals surface area contributed by atoms with E-state index in [1.54, 1.807) is 18.3 Å². The number of aryl methyl sites for hydroxylation is 1. The van der Waals surface area contributed by atoms with Crippen molar-refractivity contribution >= 4 is 40.0 Å². The maximum Gasteiger partial charge on any atom is 0.407 e. The average Bonchev–Trinajstić information content (AvgIpc) is 3.08. The third-order valence-corrected chi connectivity index (χ3v) is 4.16. The van der Waals surface area contributed by atoms with E-state index in [1.807, 2.05) is 19.1 Å². The number of carbonyl (C=O) groups excluding carboxylic acids is 2. The molecule has 0 aromatic carbocycles. The van der Waals surface area contributed by atoms with Crippen LogP contribution in [0.25, 0.3) is 10.7 Å². The molecule has 2 amide bonds. The first-order chi connectivity index (χ1) is 10.6. The number of nitrogens with zero attached hydrogens (tertiary/aromatic N) is 2. The number of ether oxygens (including phenoxy) is 1. The van der Waals surface area contributed by atoms with Gasteiger partial charge in [-0.1, -0.05) is 0 Å². The van der Waals surface area contributed by atoms with Gasteiger partial charge in [0.25, 0.3) is 0 Å². The summed E-state index contributed by atoms with van der Waals surface area (Å²) in [7, 11) is 0. The normalized spacial score (nSPS) is 10.3. The molecular weight excluding hydrogens is 324 g/mol. The van der Waals surface area contributed by atoms with Crippen LogP contribution < -0.4 is 10.6 Å². The van der Waals surface area contributed by atoms with Gasteiger partial charge in [-0.3, -0.25) is 4.79 Å². The van der Waals surface area contributed by atoms with E-state index in [0.717, 1.165) is 16.4 Å². The Morgan fingerprint density at radius 1 is 1.36 bits per heavy atom. The zero-order valence-electron chi connectivity index (χ0n) is 12.2. The third-order valence-electron chi connectivity index (χ3n) is 2.53. The van der Waals surface area contributed by atoms with Crippen LogP contribution in [0, 0.1) is 6.92 Å². The predicted octanol–water partition coefficient (Wildman–Crippen LogP) is 2.65. The van der Waals surface area contributed by atoms with Crippen molar-refractivity contribution in [1.82, 2.24) is 14.7 Å². The maximum atomic E-state index is 11.7. The number of rotatable bonds is 6. The van der Waals surface area contributed by atoms with Crippen LogP contribution in [-0.4, -0.2) is 34.5 Å². The van der Waals surface area contributed by atoms with Gasteiger partial charge in [-0.15, -0.1) is 11.3 Å². The van der Waals surface area contributed by atoms with Crippen LogP contribution in [0.4, 0.5) is 9.93 Å². The summed E-state index contributed by atoms with van der Waals surface area (Å²) >= 11 is 2.73. The van der Waals surface area contributed by atoms with Gasteiger partial charge in [0.1, 0.15) is 0 Å². The Morgan fingerprint density at radius 3 is 2.86 bits per heavy atom. The number of amides is 2. The lowest BCUT2D eigenvalue weighted by Gasteiger charge is -2.04. The Balaban J connectivity index is 1.80. The van der Waals surface area contributed by atoms with Gasteiger partial charge in [0.15, 0.2) is 5.82 Å². The fourth-order valence-electron chi connectivity index (χ4n) is 1.57. The molecule has 0 saturated carbocycles. The Labute approximate surface area is 135 Å². The fourth-order valence-corrected chi connectivity index (χ4v) is 3.03. The molecule has 9 heteroatoms. The molecule has 0 fully saturated rings. The van der Waals surface area contributed by atoms with E-state index in [2.05, 4.69) is 20.0 Å². The van der Waals surface area contributed by atoms with Crippen LogP contribution in [0.15, 0.2) is 12.1 Å². The first kappa shape index (κ1) is 16.4. The fraction of sp³-hybridized carbons (Fsp3) is 0.385. The molecule has 22 heavy (non-hydrogen) atoms. The molecule has 0 spiro atoms. The predicted molar refractivity (Wildman–Crippen MR) is 86.2 cm³/mol. The number of thiophene rings is 1. The topological polar surface area (TPSA) is 93.2 Å². The van der Waals surface area contributed by atoms with Crippen LogP contribution in [0.2, 0.25) is 0 Å². The lowest BCUT2D eigenvalue weighted by Crippen LogP contribution is -2.28. The zero-order valence-corrected chi connectivity index (χ0v) is 13.8. The SMILES string of the molecule is CCOC(=O)NCCC(=O)Nc1nc(-c2ccc(C)s2)ns1. The molecule has 0 aliphatic rings. The first-order valence-corrected chi connectivity index (χ1v) is 8.28. The molecular formula is C13H16N4O3S2. The number of nitrogens with one attached hydrogen (secondary N) is 2. The van der Waals surface area contributed by atoms with Crippen molar-refractivity contribution in [2.24, 2.45) is 0 Å². The Kier molecular flexibility index (Phi) is 5.84. The van der Waals surface area contributed by atoms with Crippen molar-refractivity contribution < 1.29 is 14.3 Å². The highest BCUT2D eigenvalue weighted by atomic mass is 32.1. The van der Waals surface area contributed by atoms with Gasteiger partial charge in [0.05, 0.1) is 11.5 Å². The van der Waals surface area contributed by atoms with E-state index in [1.165, 1.54) is 4.88 Å². The highest BCUT2D eigenvalue weighted by Gasteiger charge is 2.11. The minimum Gasteiger partial charge on any atom is -0.450 e. The summed E-state index contributed by atoms with van der Waals surface area (Å²) in [5.41, 5.74) is 0. The smallest absolute Gasteiger partial charge is 0.407 e. The largest absolute Gasteiger partial charge is 0.450 e. The summed E-state index contributed by atoms with van der Waals surface area (Å²) in [6, 6.07) is 3.96. The second-order valence-electron chi connectivity index (χ2n) is 4.28. The molecule has 118 valence electrons. The highest BCUT2D eigenvalue weighted by Crippen LogP contribution is 2.27. The summed E-state index contributed by atoms with van der Waals surface area (Å²) < 4.78 is 8.92. The molecule has 0 atom stereocenters. The Bertz CT molecular complexity index is 653. The van der Waals surface area contributed by atoms with Gasteiger partial charge >= 0.3 is 6.09 Å². The van der Waals surface area contributed by atoms with Crippen molar-refractivity contribution in [2.45, 2.75) is 20.3 Å². The van der Waals surface area contributed by atoms with Crippen LogP contribution >= 0.6 is 22.9 Å². The van der Waals surface area contributed by atoms with E-state index in [4.69, 9.17) is 4.74 Å². The molecule has 0 aliphatic heterocycles.